The van der Waals surface area contributed by atoms with Gasteiger partial charge in [-0.3, -0.25) is 4.79 Å². The molecule has 14 heavy (non-hydrogen) atoms. The van der Waals surface area contributed by atoms with Crippen LogP contribution < -0.4 is 4.06 Å². The first kappa shape index (κ1) is 10.1. The van der Waals surface area contributed by atoms with E-state index in [0.29, 0.717) is 0 Å². The Bertz CT molecular complexity index is 398. The third-order valence-corrected chi connectivity index (χ3v) is 4.96. The van der Waals surface area contributed by atoms with Crippen molar-refractivity contribution in [1.29, 1.82) is 0 Å². The van der Waals surface area contributed by atoms with Crippen LogP contribution in [-0.4, -0.2) is 0 Å². The molecule has 0 aromatic carbocycles. The summed E-state index contributed by atoms with van der Waals surface area (Å²) in [5.74, 6) is 0. The fourth-order valence-corrected chi connectivity index (χ4v) is 4.11. The van der Waals surface area contributed by atoms with Crippen LogP contribution in [0.4, 0.5) is 0 Å². The standard InChI is InChI=1S/C11H14OS2/c1-2-9-10(14-11(12)13-9)8-6-4-3-5-7-8/h6H,2-5,7H2,1H3. The van der Waals surface area contributed by atoms with Gasteiger partial charge < -0.3 is 0 Å². The van der Waals surface area contributed by atoms with Crippen molar-refractivity contribution >= 4 is 28.2 Å². The van der Waals surface area contributed by atoms with E-state index in [1.807, 2.05) is 0 Å². The van der Waals surface area contributed by atoms with Crippen LogP contribution in [0.3, 0.4) is 0 Å². The summed E-state index contributed by atoms with van der Waals surface area (Å²) in [4.78, 5) is 13.9. The van der Waals surface area contributed by atoms with E-state index in [1.165, 1.54) is 63.7 Å². The van der Waals surface area contributed by atoms with E-state index < -0.39 is 0 Å². The lowest BCUT2D eigenvalue weighted by Crippen LogP contribution is -1.91. The minimum Gasteiger partial charge on any atom is -0.265 e. The summed E-state index contributed by atoms with van der Waals surface area (Å²) in [7, 11) is 0. The third-order valence-electron chi connectivity index (χ3n) is 2.55. The Hall–Kier alpha value is -0.410. The molecule has 1 aliphatic carbocycles. The van der Waals surface area contributed by atoms with Crippen molar-refractivity contribution in [2.75, 3.05) is 0 Å². The fraction of sp³-hybridized carbons (Fsp3) is 0.545. The Balaban J connectivity index is 2.38. The largest absolute Gasteiger partial charge is 0.288 e. The van der Waals surface area contributed by atoms with E-state index in [-0.39, 0.29) is 4.06 Å². The van der Waals surface area contributed by atoms with Crippen molar-refractivity contribution < 1.29 is 0 Å². The molecule has 1 aliphatic rings. The van der Waals surface area contributed by atoms with Crippen molar-refractivity contribution in [1.82, 2.24) is 0 Å². The van der Waals surface area contributed by atoms with E-state index >= 15 is 0 Å². The van der Waals surface area contributed by atoms with Crippen molar-refractivity contribution in [3.63, 3.8) is 0 Å². The highest BCUT2D eigenvalue weighted by Crippen LogP contribution is 2.32. The normalized spacial score (nSPS) is 16.8. The molecular weight excluding hydrogens is 212 g/mol. The molecule has 0 radical (unpaired) electrons. The molecule has 1 nitrogen and oxygen atoms in total. The van der Waals surface area contributed by atoms with Gasteiger partial charge >= 0.3 is 0 Å². The van der Waals surface area contributed by atoms with Gasteiger partial charge in [-0.2, -0.15) is 0 Å². The average molecular weight is 226 g/mol. The Morgan fingerprint density at radius 2 is 2.21 bits per heavy atom. The van der Waals surface area contributed by atoms with Crippen LogP contribution in [0.5, 0.6) is 0 Å². The predicted molar refractivity (Wildman–Crippen MR) is 64.3 cm³/mol. The molecule has 1 heterocycles. The summed E-state index contributed by atoms with van der Waals surface area (Å²) in [5.41, 5.74) is 1.43. The predicted octanol–water partition coefficient (Wildman–Crippen LogP) is 3.69. The second-order valence-electron chi connectivity index (χ2n) is 3.54. The highest BCUT2D eigenvalue weighted by molar-refractivity contribution is 7.28. The topological polar surface area (TPSA) is 17.1 Å². The van der Waals surface area contributed by atoms with Crippen LogP contribution in [-0.2, 0) is 6.42 Å². The van der Waals surface area contributed by atoms with Crippen molar-refractivity contribution in [2.45, 2.75) is 39.0 Å². The zero-order valence-electron chi connectivity index (χ0n) is 8.34. The second-order valence-corrected chi connectivity index (χ2v) is 5.84. The van der Waals surface area contributed by atoms with Crippen LogP contribution in [0.25, 0.3) is 5.57 Å². The first-order chi connectivity index (χ1) is 6.81. The van der Waals surface area contributed by atoms with E-state index in [2.05, 4.69) is 13.0 Å². The zero-order valence-corrected chi connectivity index (χ0v) is 9.97. The molecule has 0 unspecified atom stereocenters. The summed E-state index contributed by atoms with van der Waals surface area (Å²) in [6, 6.07) is 0. The Morgan fingerprint density at radius 3 is 2.86 bits per heavy atom. The van der Waals surface area contributed by atoms with Crippen molar-refractivity contribution in [3.05, 3.63) is 24.7 Å². The lowest BCUT2D eigenvalue weighted by atomic mass is 9.98. The second kappa shape index (κ2) is 4.41. The Kier molecular flexibility index (Phi) is 3.19. The van der Waals surface area contributed by atoms with Gasteiger partial charge in [0.05, 0.1) is 0 Å². The van der Waals surface area contributed by atoms with Gasteiger partial charge in [0.25, 0.3) is 4.06 Å². The van der Waals surface area contributed by atoms with Crippen LogP contribution in [0, 0.1) is 0 Å². The van der Waals surface area contributed by atoms with Crippen molar-refractivity contribution in [3.8, 4) is 0 Å². The minimum atomic E-state index is 0.253. The van der Waals surface area contributed by atoms with E-state index in [1.54, 1.807) is 0 Å². The molecule has 0 atom stereocenters. The molecule has 0 aliphatic heterocycles. The summed E-state index contributed by atoms with van der Waals surface area (Å²) in [6.45, 7) is 2.13. The Morgan fingerprint density at radius 1 is 1.36 bits per heavy atom. The first-order valence-electron chi connectivity index (χ1n) is 5.13. The lowest BCUT2D eigenvalue weighted by Gasteiger charge is -2.11. The quantitative estimate of drug-likeness (QED) is 0.751. The molecular formula is C11H14OS2. The highest BCUT2D eigenvalue weighted by Gasteiger charge is 2.13. The SMILES string of the molecule is CCc1sc(=O)sc1C1=CCCCC1. The molecule has 1 aromatic heterocycles. The number of aryl methyl sites for hydroxylation is 1. The molecule has 0 spiro atoms. The Labute approximate surface area is 92.1 Å². The van der Waals surface area contributed by atoms with Gasteiger partial charge in [0.15, 0.2) is 0 Å². The first-order valence-corrected chi connectivity index (χ1v) is 6.76. The smallest absolute Gasteiger partial charge is 0.265 e. The minimum absolute atomic E-state index is 0.253. The maximum atomic E-state index is 11.3. The average Bonchev–Trinajstić information content (AvgIpc) is 2.61. The van der Waals surface area contributed by atoms with Crippen LogP contribution in [0.15, 0.2) is 10.9 Å². The van der Waals surface area contributed by atoms with Crippen LogP contribution in [0.2, 0.25) is 0 Å². The van der Waals surface area contributed by atoms with Gasteiger partial charge in [-0.25, -0.2) is 0 Å². The molecule has 76 valence electrons. The van der Waals surface area contributed by atoms with Crippen molar-refractivity contribution in [2.24, 2.45) is 0 Å². The number of hydrogen-bond acceptors (Lipinski definition) is 3. The van der Waals surface area contributed by atoms with E-state index in [0.717, 1.165) is 6.42 Å². The lowest BCUT2D eigenvalue weighted by molar-refractivity contribution is 0.742. The monoisotopic (exact) mass is 226 g/mol. The summed E-state index contributed by atoms with van der Waals surface area (Å²) in [6.07, 6.45) is 8.27. The number of hydrogen-bond donors (Lipinski definition) is 0. The molecule has 2 rings (SSSR count). The molecule has 0 fully saturated rings. The summed E-state index contributed by atoms with van der Waals surface area (Å²) in [5, 5.41) is 0. The van der Waals surface area contributed by atoms with Gasteiger partial charge in [0.2, 0.25) is 0 Å². The molecule has 1 aromatic rings. The molecule has 0 bridgehead atoms. The molecule has 0 saturated heterocycles. The summed E-state index contributed by atoms with van der Waals surface area (Å²) < 4.78 is 0.253. The van der Waals surface area contributed by atoms with Crippen LogP contribution in [0.1, 0.15) is 42.4 Å². The zero-order chi connectivity index (χ0) is 9.97. The van der Waals surface area contributed by atoms with Crippen LogP contribution >= 0.6 is 22.7 Å². The number of rotatable bonds is 2. The highest BCUT2D eigenvalue weighted by atomic mass is 32.2. The molecule has 0 N–H and O–H groups in total. The molecule has 0 saturated carbocycles. The maximum absolute atomic E-state index is 11.3. The van der Waals surface area contributed by atoms with Gasteiger partial charge in [-0.1, -0.05) is 35.7 Å². The molecule has 0 amide bonds. The van der Waals surface area contributed by atoms with E-state index in [4.69, 9.17) is 0 Å². The van der Waals surface area contributed by atoms with Gasteiger partial charge in [0, 0.05) is 9.75 Å². The van der Waals surface area contributed by atoms with Gasteiger partial charge in [-0.05, 0) is 37.7 Å². The maximum Gasteiger partial charge on any atom is 0.288 e. The fourth-order valence-electron chi connectivity index (χ4n) is 1.83. The van der Waals surface area contributed by atoms with Gasteiger partial charge in [-0.15, -0.1) is 0 Å². The van der Waals surface area contributed by atoms with E-state index in [9.17, 15) is 4.79 Å². The number of allylic oxidation sites excluding steroid dienone is 2. The third kappa shape index (κ3) is 1.98. The molecule has 3 heteroatoms. The van der Waals surface area contributed by atoms with Gasteiger partial charge in [0.1, 0.15) is 0 Å². The summed E-state index contributed by atoms with van der Waals surface area (Å²) >= 11 is 2.87.